The Hall–Kier alpha value is -2.19. The second kappa shape index (κ2) is 8.45. The first-order valence-corrected chi connectivity index (χ1v) is 10.8. The third kappa shape index (κ3) is 4.28. The van der Waals surface area contributed by atoms with E-state index in [4.69, 9.17) is 4.42 Å². The van der Waals surface area contributed by atoms with Crippen molar-refractivity contribution in [1.29, 1.82) is 0 Å². The number of aromatic nitrogens is 1. The molecule has 0 unspecified atom stereocenters. The Balaban J connectivity index is 1.27. The van der Waals surface area contributed by atoms with E-state index in [0.717, 1.165) is 25.9 Å². The minimum absolute atomic E-state index is 0.119. The molecule has 2 aliphatic rings. The Morgan fingerprint density at radius 2 is 2.00 bits per heavy atom. The van der Waals surface area contributed by atoms with Gasteiger partial charge in [-0.15, -0.1) is 11.3 Å². The lowest BCUT2D eigenvalue weighted by atomic mass is 10.0. The van der Waals surface area contributed by atoms with Crippen molar-refractivity contribution in [2.45, 2.75) is 45.1 Å². The molecule has 2 aromatic heterocycles. The molecule has 0 spiro atoms. The van der Waals surface area contributed by atoms with Gasteiger partial charge in [-0.2, -0.15) is 0 Å². The summed E-state index contributed by atoms with van der Waals surface area (Å²) in [6.45, 7) is 5.82. The van der Waals surface area contributed by atoms with Crippen LogP contribution < -0.4 is 5.32 Å². The highest BCUT2D eigenvalue weighted by Gasteiger charge is 2.28. The average molecular weight is 403 g/mol. The molecule has 2 amide bonds. The molecule has 0 atom stereocenters. The number of carbonyl (C=O) groups excluding carboxylic acids is 2. The standard InChI is InChI=1S/C20H26N4O3S/c1-14-17(6-11-27-14)19(26)22-20-21-15(13-28-20)12-18(25)24-9-4-16(5-10-24)23-7-2-3-8-23/h6,11,13,16H,2-5,7-10,12H2,1H3,(H,21,22,26). The highest BCUT2D eigenvalue weighted by Crippen LogP contribution is 2.22. The maximum atomic E-state index is 12.6. The van der Waals surface area contributed by atoms with Gasteiger partial charge in [0.15, 0.2) is 5.13 Å². The molecule has 4 heterocycles. The van der Waals surface area contributed by atoms with Crippen molar-refractivity contribution in [3.8, 4) is 0 Å². The Morgan fingerprint density at radius 1 is 1.25 bits per heavy atom. The molecule has 28 heavy (non-hydrogen) atoms. The molecule has 2 aromatic rings. The predicted molar refractivity (Wildman–Crippen MR) is 108 cm³/mol. The maximum absolute atomic E-state index is 12.6. The number of nitrogens with one attached hydrogen (secondary N) is 1. The summed E-state index contributed by atoms with van der Waals surface area (Å²) in [6.07, 6.45) is 6.51. The average Bonchev–Trinajstić information content (AvgIpc) is 3.44. The molecule has 0 bridgehead atoms. The molecule has 4 rings (SSSR count). The molecule has 2 fully saturated rings. The fourth-order valence-corrected chi connectivity index (χ4v) is 4.79. The summed E-state index contributed by atoms with van der Waals surface area (Å²) < 4.78 is 5.16. The number of anilines is 1. The van der Waals surface area contributed by atoms with E-state index in [1.807, 2.05) is 10.3 Å². The largest absolute Gasteiger partial charge is 0.469 e. The molecule has 2 saturated heterocycles. The first kappa shape index (κ1) is 19.1. The van der Waals surface area contributed by atoms with Gasteiger partial charge < -0.3 is 14.2 Å². The van der Waals surface area contributed by atoms with Gasteiger partial charge in [-0.25, -0.2) is 4.98 Å². The topological polar surface area (TPSA) is 78.7 Å². The van der Waals surface area contributed by atoms with Crippen molar-refractivity contribution in [1.82, 2.24) is 14.8 Å². The van der Waals surface area contributed by atoms with E-state index in [2.05, 4.69) is 15.2 Å². The van der Waals surface area contributed by atoms with Crippen molar-refractivity contribution in [3.05, 3.63) is 34.7 Å². The minimum Gasteiger partial charge on any atom is -0.469 e. The van der Waals surface area contributed by atoms with Crippen LogP contribution in [0.5, 0.6) is 0 Å². The van der Waals surface area contributed by atoms with Gasteiger partial charge in [0.2, 0.25) is 5.91 Å². The number of carbonyl (C=O) groups is 2. The lowest BCUT2D eigenvalue weighted by molar-refractivity contribution is -0.132. The minimum atomic E-state index is -0.248. The van der Waals surface area contributed by atoms with E-state index in [-0.39, 0.29) is 18.2 Å². The number of rotatable bonds is 5. The van der Waals surface area contributed by atoms with Crippen LogP contribution in [0.4, 0.5) is 5.13 Å². The smallest absolute Gasteiger partial charge is 0.260 e. The number of furan rings is 1. The zero-order chi connectivity index (χ0) is 19.5. The normalized spacial score (nSPS) is 18.5. The van der Waals surface area contributed by atoms with Crippen molar-refractivity contribution in [2.75, 3.05) is 31.5 Å². The fraction of sp³-hybridized carbons (Fsp3) is 0.550. The lowest BCUT2D eigenvalue weighted by Gasteiger charge is -2.36. The van der Waals surface area contributed by atoms with E-state index in [0.29, 0.717) is 28.2 Å². The van der Waals surface area contributed by atoms with Crippen LogP contribution in [-0.2, 0) is 11.2 Å². The number of hydrogen-bond acceptors (Lipinski definition) is 6. The highest BCUT2D eigenvalue weighted by molar-refractivity contribution is 7.14. The highest BCUT2D eigenvalue weighted by atomic mass is 32.1. The zero-order valence-electron chi connectivity index (χ0n) is 16.1. The van der Waals surface area contributed by atoms with Crippen molar-refractivity contribution < 1.29 is 14.0 Å². The zero-order valence-corrected chi connectivity index (χ0v) is 17.0. The summed E-state index contributed by atoms with van der Waals surface area (Å²) >= 11 is 1.34. The number of nitrogens with zero attached hydrogens (tertiary/aromatic N) is 3. The molecule has 150 valence electrons. The third-order valence-electron chi connectivity index (χ3n) is 5.68. The molecule has 0 radical (unpaired) electrons. The van der Waals surface area contributed by atoms with Gasteiger partial charge in [-0.3, -0.25) is 14.9 Å². The summed E-state index contributed by atoms with van der Waals surface area (Å²) in [6, 6.07) is 2.27. The third-order valence-corrected chi connectivity index (χ3v) is 6.49. The molecule has 7 nitrogen and oxygen atoms in total. The second-order valence-corrected chi connectivity index (χ2v) is 8.38. The molecule has 8 heteroatoms. The molecule has 1 N–H and O–H groups in total. The van der Waals surface area contributed by atoms with Crippen LogP contribution >= 0.6 is 11.3 Å². The molecular weight excluding hydrogens is 376 g/mol. The summed E-state index contributed by atoms with van der Waals surface area (Å²) in [5, 5.41) is 5.11. The summed E-state index contributed by atoms with van der Waals surface area (Å²) in [5.41, 5.74) is 1.20. The molecule has 2 aliphatic heterocycles. The Kier molecular flexibility index (Phi) is 5.77. The van der Waals surface area contributed by atoms with E-state index in [1.165, 1.54) is 43.5 Å². The summed E-state index contributed by atoms with van der Waals surface area (Å²) in [4.78, 5) is 33.8. The van der Waals surface area contributed by atoms with Gasteiger partial charge in [-0.1, -0.05) is 0 Å². The van der Waals surface area contributed by atoms with Gasteiger partial charge in [0.05, 0.1) is 23.9 Å². The monoisotopic (exact) mass is 402 g/mol. The van der Waals surface area contributed by atoms with Crippen LogP contribution in [0, 0.1) is 6.92 Å². The molecule has 0 aromatic carbocycles. The first-order chi connectivity index (χ1) is 13.6. The molecule has 0 aliphatic carbocycles. The second-order valence-electron chi connectivity index (χ2n) is 7.52. The van der Waals surface area contributed by atoms with Crippen LogP contribution in [0.1, 0.15) is 47.5 Å². The van der Waals surface area contributed by atoms with Crippen LogP contribution in [0.25, 0.3) is 0 Å². The van der Waals surface area contributed by atoms with E-state index in [9.17, 15) is 9.59 Å². The molecular formula is C20H26N4O3S. The number of thiazole rings is 1. The number of aryl methyl sites for hydroxylation is 1. The van der Waals surface area contributed by atoms with Crippen LogP contribution in [0.15, 0.2) is 22.1 Å². The van der Waals surface area contributed by atoms with Crippen molar-refractivity contribution >= 4 is 28.3 Å². The predicted octanol–water partition coefficient (Wildman–Crippen LogP) is 2.93. The summed E-state index contributed by atoms with van der Waals surface area (Å²) in [7, 11) is 0. The van der Waals surface area contributed by atoms with Crippen LogP contribution in [0.2, 0.25) is 0 Å². The van der Waals surface area contributed by atoms with Crippen LogP contribution in [-0.4, -0.2) is 58.8 Å². The fourth-order valence-electron chi connectivity index (χ4n) is 4.08. The number of amides is 2. The first-order valence-electron chi connectivity index (χ1n) is 9.92. The van der Waals surface area contributed by atoms with E-state index < -0.39 is 0 Å². The van der Waals surface area contributed by atoms with Gasteiger partial charge in [0, 0.05) is 24.5 Å². The van der Waals surface area contributed by atoms with Gasteiger partial charge in [0.25, 0.3) is 5.91 Å². The number of hydrogen-bond donors (Lipinski definition) is 1. The number of likely N-dealkylation sites (tertiary alicyclic amines) is 2. The van der Waals surface area contributed by atoms with Crippen LogP contribution in [0.3, 0.4) is 0 Å². The number of piperidine rings is 1. The maximum Gasteiger partial charge on any atom is 0.260 e. The lowest BCUT2D eigenvalue weighted by Crippen LogP contribution is -2.46. The van der Waals surface area contributed by atoms with Gasteiger partial charge in [-0.05, 0) is 51.8 Å². The van der Waals surface area contributed by atoms with E-state index >= 15 is 0 Å². The van der Waals surface area contributed by atoms with Gasteiger partial charge in [0.1, 0.15) is 5.76 Å². The molecule has 0 saturated carbocycles. The Morgan fingerprint density at radius 3 is 2.68 bits per heavy atom. The van der Waals surface area contributed by atoms with E-state index in [1.54, 1.807) is 13.0 Å². The van der Waals surface area contributed by atoms with Crippen molar-refractivity contribution in [3.63, 3.8) is 0 Å². The Bertz CT molecular complexity index is 832. The quantitative estimate of drug-likeness (QED) is 0.832. The van der Waals surface area contributed by atoms with Gasteiger partial charge >= 0.3 is 0 Å². The SMILES string of the molecule is Cc1occc1C(=O)Nc1nc(CC(=O)N2CCC(N3CCCC3)CC2)cs1. The Labute approximate surface area is 168 Å². The van der Waals surface area contributed by atoms with Crippen molar-refractivity contribution in [2.24, 2.45) is 0 Å². The summed E-state index contributed by atoms with van der Waals surface area (Å²) in [5.74, 6) is 0.443.